The van der Waals surface area contributed by atoms with Gasteiger partial charge >= 0.3 is 12.2 Å². The Morgan fingerprint density at radius 3 is 2.16 bits per heavy atom. The number of para-hydroxylation sites is 1. The second-order valence-electron chi connectivity index (χ2n) is 10.3. The molecule has 0 bridgehead atoms. The fourth-order valence-electron chi connectivity index (χ4n) is 5.55. The fourth-order valence-corrected chi connectivity index (χ4v) is 5.55. The lowest BCUT2D eigenvalue weighted by molar-refractivity contribution is -0.131. The maximum Gasteiger partial charge on any atom is 0.431 e. The zero-order valence-electron chi connectivity index (χ0n) is 23.2. The number of imide groups is 1. The lowest BCUT2D eigenvalue weighted by atomic mass is 9.98. The number of hydrogen-bond acceptors (Lipinski definition) is 6. The molecular formula is C34H30N4O5. The average molecular weight is 575 g/mol. The number of aromatic amines is 1. The molecule has 0 fully saturated rings. The number of alkyl carbamates (subject to hydrolysis) is 1. The van der Waals surface area contributed by atoms with Crippen molar-refractivity contribution in [2.24, 2.45) is 5.84 Å². The number of fused-ring (bicyclic) bond motifs is 4. The Labute approximate surface area is 248 Å². The smallest absolute Gasteiger partial charge is 0.431 e. The highest BCUT2D eigenvalue weighted by atomic mass is 16.6. The number of rotatable bonds is 8. The van der Waals surface area contributed by atoms with Crippen LogP contribution in [0.15, 0.2) is 109 Å². The molecule has 43 heavy (non-hydrogen) atoms. The zero-order chi connectivity index (χ0) is 29.8. The van der Waals surface area contributed by atoms with Gasteiger partial charge in [-0.15, -0.1) is 0 Å². The van der Waals surface area contributed by atoms with Crippen LogP contribution in [0.25, 0.3) is 22.0 Å². The van der Waals surface area contributed by atoms with Crippen LogP contribution in [-0.4, -0.2) is 40.7 Å². The largest absolute Gasteiger partial charge is 0.447 e. The molecule has 6 rings (SSSR count). The third-order valence-electron chi connectivity index (χ3n) is 7.67. The Balaban J connectivity index is 1.16. The Morgan fingerprint density at radius 1 is 0.814 bits per heavy atom. The van der Waals surface area contributed by atoms with Crippen LogP contribution in [0.3, 0.4) is 0 Å². The van der Waals surface area contributed by atoms with Crippen molar-refractivity contribution in [1.82, 2.24) is 15.3 Å². The lowest BCUT2D eigenvalue weighted by Crippen LogP contribution is -2.54. The van der Waals surface area contributed by atoms with E-state index < -0.39 is 24.1 Å². The number of carbonyl (C=O) groups is 3. The first-order chi connectivity index (χ1) is 21.0. The number of ether oxygens (including phenoxy) is 2. The molecule has 9 heteroatoms. The van der Waals surface area contributed by atoms with E-state index in [0.29, 0.717) is 5.01 Å². The molecule has 0 unspecified atom stereocenters. The van der Waals surface area contributed by atoms with Gasteiger partial charge in [0.15, 0.2) is 0 Å². The second kappa shape index (κ2) is 12.2. The molecule has 0 saturated heterocycles. The Morgan fingerprint density at radius 2 is 1.44 bits per heavy atom. The third kappa shape index (κ3) is 5.84. The molecule has 0 radical (unpaired) electrons. The molecule has 3 amide bonds. The Hall–Kier alpha value is -5.41. The van der Waals surface area contributed by atoms with Gasteiger partial charge in [0.2, 0.25) is 0 Å². The van der Waals surface area contributed by atoms with Gasteiger partial charge in [-0.1, -0.05) is 97.1 Å². The number of H-pyrrole nitrogens is 1. The molecule has 1 heterocycles. The summed E-state index contributed by atoms with van der Waals surface area (Å²) in [6.07, 6.45) is -0.0118. The van der Waals surface area contributed by atoms with Gasteiger partial charge in [-0.25, -0.2) is 15.4 Å². The summed E-state index contributed by atoms with van der Waals surface area (Å²) in [6.45, 7) is 0.00683. The Bertz CT molecular complexity index is 1740. The van der Waals surface area contributed by atoms with Crippen LogP contribution >= 0.6 is 0 Å². The van der Waals surface area contributed by atoms with Crippen molar-refractivity contribution < 1.29 is 23.9 Å². The van der Waals surface area contributed by atoms with Gasteiger partial charge in [-0.2, -0.15) is 5.01 Å². The molecule has 0 aliphatic heterocycles. The van der Waals surface area contributed by atoms with E-state index in [1.807, 2.05) is 103 Å². The van der Waals surface area contributed by atoms with Gasteiger partial charge in [0, 0.05) is 29.4 Å². The highest BCUT2D eigenvalue weighted by molar-refractivity contribution is 5.96. The summed E-state index contributed by atoms with van der Waals surface area (Å²) in [5.41, 5.74) is 6.65. The molecule has 4 N–H and O–H groups in total. The highest BCUT2D eigenvalue weighted by Crippen LogP contribution is 2.44. The van der Waals surface area contributed by atoms with Crippen LogP contribution in [0.2, 0.25) is 0 Å². The van der Waals surface area contributed by atoms with Crippen LogP contribution in [0.1, 0.15) is 28.2 Å². The maximum atomic E-state index is 13.6. The van der Waals surface area contributed by atoms with E-state index in [4.69, 9.17) is 15.3 Å². The van der Waals surface area contributed by atoms with Crippen LogP contribution in [0.4, 0.5) is 9.59 Å². The standard InChI is InChI=1S/C34H30N4O5/c35-38(34(41)43-21-29-27-15-6-4-13-25(27)26-14-5-7-16-28(26)29)32(39)31(18-23-19-36-30-17-9-8-12-24(23)30)37-33(40)42-20-22-10-2-1-3-11-22/h1-17,19,29,31,36H,18,20-21,35H2,(H,37,40)/t31-/m0/s1. The van der Waals surface area contributed by atoms with Gasteiger partial charge in [0.1, 0.15) is 19.3 Å². The molecular weight excluding hydrogens is 544 g/mol. The summed E-state index contributed by atoms with van der Waals surface area (Å²) < 4.78 is 10.9. The molecule has 0 spiro atoms. The number of amides is 3. The maximum absolute atomic E-state index is 13.6. The van der Waals surface area contributed by atoms with Gasteiger partial charge in [-0.3, -0.25) is 4.79 Å². The molecule has 9 nitrogen and oxygen atoms in total. The van der Waals surface area contributed by atoms with Crippen LogP contribution in [-0.2, 0) is 27.3 Å². The SMILES string of the molecule is NN(C(=O)OCC1c2ccccc2-c2ccccc21)C(=O)[C@H](Cc1c[nH]c2ccccc12)NC(=O)OCc1ccccc1. The van der Waals surface area contributed by atoms with E-state index in [0.717, 1.165) is 44.3 Å². The van der Waals surface area contributed by atoms with E-state index in [2.05, 4.69) is 10.3 Å². The van der Waals surface area contributed by atoms with Crippen LogP contribution in [0, 0.1) is 0 Å². The minimum Gasteiger partial charge on any atom is -0.447 e. The molecule has 216 valence electrons. The van der Waals surface area contributed by atoms with Crippen molar-refractivity contribution >= 4 is 29.0 Å². The number of nitrogens with one attached hydrogen (secondary N) is 2. The third-order valence-corrected chi connectivity index (χ3v) is 7.67. The minimum atomic E-state index is -1.20. The van der Waals surface area contributed by atoms with E-state index in [9.17, 15) is 14.4 Å². The predicted molar refractivity (Wildman–Crippen MR) is 162 cm³/mol. The van der Waals surface area contributed by atoms with Crippen LogP contribution in [0.5, 0.6) is 0 Å². The Kier molecular flexibility index (Phi) is 7.88. The number of benzene rings is 4. The molecule has 1 atom stereocenters. The number of hydrogen-bond donors (Lipinski definition) is 3. The van der Waals surface area contributed by atoms with Gasteiger partial charge in [0.25, 0.3) is 5.91 Å². The summed E-state index contributed by atoms with van der Waals surface area (Å²) in [5.74, 6) is 4.99. The summed E-state index contributed by atoms with van der Waals surface area (Å²) in [5, 5.41) is 3.89. The van der Waals surface area contributed by atoms with Crippen molar-refractivity contribution in [3.05, 3.63) is 132 Å². The first-order valence-electron chi connectivity index (χ1n) is 14.0. The summed E-state index contributed by atoms with van der Waals surface area (Å²) >= 11 is 0. The quantitative estimate of drug-likeness (QED) is 0.125. The van der Waals surface area contributed by atoms with Crippen molar-refractivity contribution in [1.29, 1.82) is 0 Å². The number of nitrogens with two attached hydrogens (primary N) is 1. The fraction of sp³-hybridized carbons (Fsp3) is 0.147. The van der Waals surface area contributed by atoms with Crippen molar-refractivity contribution in [2.75, 3.05) is 6.61 Å². The molecule has 4 aromatic carbocycles. The molecule has 1 aliphatic carbocycles. The zero-order valence-corrected chi connectivity index (χ0v) is 23.2. The van der Waals surface area contributed by atoms with Crippen molar-refractivity contribution in [2.45, 2.75) is 25.0 Å². The van der Waals surface area contributed by atoms with E-state index in [1.54, 1.807) is 6.20 Å². The van der Waals surface area contributed by atoms with Crippen molar-refractivity contribution in [3.63, 3.8) is 0 Å². The summed E-state index contributed by atoms with van der Waals surface area (Å²) in [4.78, 5) is 42.6. The minimum absolute atomic E-state index is 0.00645. The van der Waals surface area contributed by atoms with Gasteiger partial charge in [-0.05, 0) is 39.4 Å². The topological polar surface area (TPSA) is 127 Å². The summed E-state index contributed by atoms with van der Waals surface area (Å²) in [7, 11) is 0. The van der Waals surface area contributed by atoms with E-state index in [1.165, 1.54) is 0 Å². The number of aromatic nitrogens is 1. The molecule has 0 saturated carbocycles. The van der Waals surface area contributed by atoms with E-state index >= 15 is 0 Å². The molecule has 1 aromatic heterocycles. The van der Waals surface area contributed by atoms with Gasteiger partial charge in [0.05, 0.1) is 0 Å². The number of carbonyl (C=O) groups excluding carboxylic acids is 3. The first kappa shape index (κ1) is 27.7. The molecule has 1 aliphatic rings. The second-order valence-corrected chi connectivity index (χ2v) is 10.3. The van der Waals surface area contributed by atoms with Crippen LogP contribution < -0.4 is 11.2 Å². The average Bonchev–Trinajstić information content (AvgIpc) is 3.61. The molecule has 5 aromatic rings. The first-order valence-corrected chi connectivity index (χ1v) is 14.0. The highest BCUT2D eigenvalue weighted by Gasteiger charge is 2.33. The lowest BCUT2D eigenvalue weighted by Gasteiger charge is -2.23. The van der Waals surface area contributed by atoms with E-state index in [-0.39, 0.29) is 25.6 Å². The van der Waals surface area contributed by atoms with Gasteiger partial charge < -0.3 is 19.8 Å². The number of hydrazine groups is 1. The van der Waals surface area contributed by atoms with Crippen molar-refractivity contribution in [3.8, 4) is 11.1 Å². The monoisotopic (exact) mass is 574 g/mol. The predicted octanol–water partition coefficient (Wildman–Crippen LogP) is 5.66. The number of nitrogens with zero attached hydrogens (tertiary/aromatic N) is 1. The normalized spacial score (nSPS) is 12.7. The summed E-state index contributed by atoms with van der Waals surface area (Å²) in [6, 6.07) is 31.4.